The largest absolute Gasteiger partial charge is 0.465 e. The van der Waals surface area contributed by atoms with Crippen LogP contribution in [0.15, 0.2) is 0 Å². The van der Waals surface area contributed by atoms with Gasteiger partial charge in [0.25, 0.3) is 0 Å². The number of fused-ring (bicyclic) bond motifs is 1. The summed E-state index contributed by atoms with van der Waals surface area (Å²) in [6.45, 7) is 0.388. The molecule has 0 bridgehead atoms. The van der Waals surface area contributed by atoms with Gasteiger partial charge in [-0.25, -0.2) is 4.79 Å². The van der Waals surface area contributed by atoms with E-state index in [1.165, 1.54) is 0 Å². The zero-order valence-electron chi connectivity index (χ0n) is 8.45. The second kappa shape index (κ2) is 4.42. The summed E-state index contributed by atoms with van der Waals surface area (Å²) in [4.78, 5) is 29.3. The Morgan fingerprint density at radius 3 is 2.94 bits per heavy atom. The summed E-state index contributed by atoms with van der Waals surface area (Å²) in [5.41, 5.74) is 0.255. The van der Waals surface area contributed by atoms with Crippen molar-refractivity contribution >= 4 is 41.1 Å². The Bertz CT molecular complexity index is 492. The molecular weight excluding hydrogens is 250 g/mol. The van der Waals surface area contributed by atoms with E-state index in [1.807, 2.05) is 5.32 Å². The minimum Gasteiger partial charge on any atom is -0.465 e. The van der Waals surface area contributed by atoms with Gasteiger partial charge in [0.1, 0.15) is 5.69 Å². The van der Waals surface area contributed by atoms with Crippen LogP contribution in [0.1, 0.15) is 6.42 Å². The van der Waals surface area contributed by atoms with E-state index < -0.39 is 6.09 Å². The molecule has 1 aliphatic rings. The van der Waals surface area contributed by atoms with Crippen LogP contribution in [0.25, 0.3) is 0 Å². The van der Waals surface area contributed by atoms with Gasteiger partial charge in [0.15, 0.2) is 11.0 Å². The van der Waals surface area contributed by atoms with Crippen LogP contribution >= 0.6 is 11.6 Å². The molecule has 0 aliphatic carbocycles. The lowest BCUT2D eigenvalue weighted by Gasteiger charge is -2.09. The van der Waals surface area contributed by atoms with E-state index in [2.05, 4.69) is 20.6 Å². The molecule has 0 saturated carbocycles. The first-order chi connectivity index (χ1) is 8.06. The molecule has 1 aromatic heterocycles. The van der Waals surface area contributed by atoms with Gasteiger partial charge < -0.3 is 15.7 Å². The third-order valence-electron chi connectivity index (χ3n) is 1.99. The summed E-state index contributed by atoms with van der Waals surface area (Å²) < 4.78 is 0. The SMILES string of the molecule is O=C(O)Nc1nc(Cl)c2c(n1)NCCC(=O)N2. The number of hydrogen-bond acceptors (Lipinski definition) is 5. The van der Waals surface area contributed by atoms with E-state index >= 15 is 0 Å². The van der Waals surface area contributed by atoms with E-state index in [0.717, 1.165) is 0 Å². The van der Waals surface area contributed by atoms with Crippen LogP contribution in [0.5, 0.6) is 0 Å². The smallest absolute Gasteiger partial charge is 0.411 e. The minimum absolute atomic E-state index is 0.0264. The number of carbonyl (C=O) groups is 2. The van der Waals surface area contributed by atoms with Crippen LogP contribution in [0, 0.1) is 0 Å². The van der Waals surface area contributed by atoms with E-state index in [9.17, 15) is 9.59 Å². The molecule has 0 radical (unpaired) electrons. The lowest BCUT2D eigenvalue weighted by molar-refractivity contribution is -0.115. The highest BCUT2D eigenvalue weighted by molar-refractivity contribution is 6.33. The van der Waals surface area contributed by atoms with Gasteiger partial charge in [-0.1, -0.05) is 11.6 Å². The number of nitrogens with one attached hydrogen (secondary N) is 3. The van der Waals surface area contributed by atoms with Gasteiger partial charge in [0, 0.05) is 13.0 Å². The van der Waals surface area contributed by atoms with Crippen LogP contribution in [-0.2, 0) is 4.79 Å². The molecule has 0 saturated heterocycles. The number of carbonyl (C=O) groups excluding carboxylic acids is 1. The molecule has 2 rings (SSSR count). The molecular formula is C8H8ClN5O3. The third kappa shape index (κ3) is 2.53. The van der Waals surface area contributed by atoms with E-state index in [-0.39, 0.29) is 29.1 Å². The standard InChI is InChI=1S/C8H8ClN5O3/c9-5-4-6(10-2-1-3(15)11-4)13-7(12-5)14-8(16)17/h1-2H2,(H,11,15)(H,16,17)(H2,10,12,13,14). The van der Waals surface area contributed by atoms with Gasteiger partial charge in [-0.05, 0) is 0 Å². The number of aromatic nitrogens is 2. The normalized spacial score (nSPS) is 14.1. The van der Waals surface area contributed by atoms with Crippen LogP contribution < -0.4 is 16.0 Å². The van der Waals surface area contributed by atoms with Gasteiger partial charge in [0.2, 0.25) is 11.9 Å². The quantitative estimate of drug-likeness (QED) is 0.557. The monoisotopic (exact) mass is 257 g/mol. The molecule has 17 heavy (non-hydrogen) atoms. The van der Waals surface area contributed by atoms with Gasteiger partial charge >= 0.3 is 6.09 Å². The second-order valence-corrected chi connectivity index (χ2v) is 3.57. The van der Waals surface area contributed by atoms with Crippen LogP contribution in [0.4, 0.5) is 22.2 Å². The Balaban J connectivity index is 2.39. The maximum atomic E-state index is 11.3. The van der Waals surface area contributed by atoms with E-state index in [4.69, 9.17) is 16.7 Å². The maximum absolute atomic E-state index is 11.3. The molecule has 4 N–H and O–H groups in total. The summed E-state index contributed by atoms with van der Waals surface area (Å²) in [6.07, 6.45) is -1.02. The van der Waals surface area contributed by atoms with Crippen molar-refractivity contribution in [2.24, 2.45) is 0 Å². The number of amides is 2. The first-order valence-electron chi connectivity index (χ1n) is 4.67. The number of anilines is 3. The Hall–Kier alpha value is -2.09. The third-order valence-corrected chi connectivity index (χ3v) is 2.27. The first kappa shape index (κ1) is 11.4. The minimum atomic E-state index is -1.29. The summed E-state index contributed by atoms with van der Waals surface area (Å²) >= 11 is 5.83. The van der Waals surface area contributed by atoms with Gasteiger partial charge in [-0.3, -0.25) is 10.1 Å². The number of nitrogens with zero attached hydrogens (tertiary/aromatic N) is 2. The summed E-state index contributed by atoms with van der Waals surface area (Å²) in [6, 6.07) is 0. The first-order valence-corrected chi connectivity index (χ1v) is 5.05. The number of rotatable bonds is 1. The number of hydrogen-bond donors (Lipinski definition) is 4. The molecule has 2 heterocycles. The summed E-state index contributed by atoms with van der Waals surface area (Å²) in [7, 11) is 0. The molecule has 1 aromatic rings. The Morgan fingerprint density at radius 2 is 2.24 bits per heavy atom. The van der Waals surface area contributed by atoms with Gasteiger partial charge in [-0.15, -0.1) is 0 Å². The molecule has 0 aromatic carbocycles. The maximum Gasteiger partial charge on any atom is 0.411 e. The zero-order chi connectivity index (χ0) is 12.4. The molecule has 1 aliphatic heterocycles. The second-order valence-electron chi connectivity index (χ2n) is 3.22. The molecule has 0 fully saturated rings. The topological polar surface area (TPSA) is 116 Å². The average Bonchev–Trinajstić information content (AvgIpc) is 2.39. The molecule has 2 amide bonds. The highest BCUT2D eigenvalue weighted by Gasteiger charge is 2.19. The summed E-state index contributed by atoms with van der Waals surface area (Å²) in [5.74, 6) is -0.0646. The van der Waals surface area contributed by atoms with E-state index in [0.29, 0.717) is 12.4 Å². The van der Waals surface area contributed by atoms with Crippen molar-refractivity contribution in [3.05, 3.63) is 5.15 Å². The number of halogens is 1. The van der Waals surface area contributed by atoms with Gasteiger partial charge in [-0.2, -0.15) is 9.97 Å². The zero-order valence-corrected chi connectivity index (χ0v) is 9.21. The van der Waals surface area contributed by atoms with Crippen LogP contribution in [-0.4, -0.2) is 33.6 Å². The van der Waals surface area contributed by atoms with E-state index in [1.54, 1.807) is 0 Å². The molecule has 0 spiro atoms. The van der Waals surface area contributed by atoms with Crippen molar-refractivity contribution in [1.82, 2.24) is 9.97 Å². The van der Waals surface area contributed by atoms with Crippen LogP contribution in [0.3, 0.4) is 0 Å². The predicted molar refractivity (Wildman–Crippen MR) is 60.4 cm³/mol. The fourth-order valence-electron chi connectivity index (χ4n) is 1.32. The highest BCUT2D eigenvalue weighted by Crippen LogP contribution is 2.30. The Kier molecular flexibility index (Phi) is 2.96. The molecule has 90 valence electrons. The van der Waals surface area contributed by atoms with Crippen LogP contribution in [0.2, 0.25) is 5.15 Å². The molecule has 0 unspecified atom stereocenters. The summed E-state index contributed by atoms with van der Waals surface area (Å²) in [5, 5.41) is 15.9. The van der Waals surface area contributed by atoms with Crippen molar-refractivity contribution in [1.29, 1.82) is 0 Å². The highest BCUT2D eigenvalue weighted by atomic mass is 35.5. The lowest BCUT2D eigenvalue weighted by atomic mass is 10.4. The molecule has 8 nitrogen and oxygen atoms in total. The fraction of sp³-hybridized carbons (Fsp3) is 0.250. The average molecular weight is 258 g/mol. The van der Waals surface area contributed by atoms with Gasteiger partial charge in [0.05, 0.1) is 0 Å². The lowest BCUT2D eigenvalue weighted by Crippen LogP contribution is -2.13. The Morgan fingerprint density at radius 1 is 1.47 bits per heavy atom. The molecule has 0 atom stereocenters. The van der Waals surface area contributed by atoms with Crippen molar-refractivity contribution in [3.8, 4) is 0 Å². The van der Waals surface area contributed by atoms with Crippen molar-refractivity contribution in [2.45, 2.75) is 6.42 Å². The number of carboxylic acid groups (broad SMARTS) is 1. The predicted octanol–water partition coefficient (Wildman–Crippen LogP) is 0.974. The molecule has 9 heteroatoms. The fourth-order valence-corrected chi connectivity index (χ4v) is 1.54. The van der Waals surface area contributed by atoms with Crippen molar-refractivity contribution in [2.75, 3.05) is 22.5 Å². The Labute approximate surface area is 100 Å². The van der Waals surface area contributed by atoms with Crippen molar-refractivity contribution in [3.63, 3.8) is 0 Å². The van der Waals surface area contributed by atoms with Crippen molar-refractivity contribution < 1.29 is 14.7 Å².